The van der Waals surface area contributed by atoms with Gasteiger partial charge in [-0.05, 0) is 42.0 Å². The smallest absolute Gasteiger partial charge is 0.119 e. The van der Waals surface area contributed by atoms with E-state index in [1.165, 1.54) is 11.1 Å². The fourth-order valence-corrected chi connectivity index (χ4v) is 1.69. The SMILES string of the molecule is C=CC(C)Cc1ccc(OC)cc1CC. The van der Waals surface area contributed by atoms with Gasteiger partial charge in [-0.15, -0.1) is 6.58 Å². The molecule has 0 bridgehead atoms. The summed E-state index contributed by atoms with van der Waals surface area (Å²) in [5.41, 5.74) is 2.79. The molecule has 0 aromatic heterocycles. The highest BCUT2D eigenvalue weighted by molar-refractivity contribution is 5.36. The van der Waals surface area contributed by atoms with Gasteiger partial charge in [-0.2, -0.15) is 0 Å². The average molecular weight is 204 g/mol. The van der Waals surface area contributed by atoms with Crippen LogP contribution >= 0.6 is 0 Å². The van der Waals surface area contributed by atoms with E-state index < -0.39 is 0 Å². The third-order valence-corrected chi connectivity index (χ3v) is 2.74. The van der Waals surface area contributed by atoms with Crippen molar-refractivity contribution in [3.05, 3.63) is 42.0 Å². The summed E-state index contributed by atoms with van der Waals surface area (Å²) in [6, 6.07) is 6.33. The Hall–Kier alpha value is -1.24. The van der Waals surface area contributed by atoms with Crippen molar-refractivity contribution in [3.63, 3.8) is 0 Å². The van der Waals surface area contributed by atoms with Gasteiger partial charge in [0.15, 0.2) is 0 Å². The number of aryl methyl sites for hydroxylation is 1. The van der Waals surface area contributed by atoms with Crippen LogP contribution in [0.1, 0.15) is 25.0 Å². The molecule has 0 aliphatic rings. The second-order valence-electron chi connectivity index (χ2n) is 3.91. The molecule has 0 heterocycles. The molecule has 1 rings (SSSR count). The molecular formula is C14H20O. The fourth-order valence-electron chi connectivity index (χ4n) is 1.69. The van der Waals surface area contributed by atoms with Crippen molar-refractivity contribution in [2.45, 2.75) is 26.7 Å². The molecule has 1 aromatic rings. The van der Waals surface area contributed by atoms with Gasteiger partial charge in [-0.25, -0.2) is 0 Å². The van der Waals surface area contributed by atoms with Crippen molar-refractivity contribution in [2.75, 3.05) is 7.11 Å². The van der Waals surface area contributed by atoms with E-state index in [-0.39, 0.29) is 0 Å². The van der Waals surface area contributed by atoms with Gasteiger partial charge in [-0.1, -0.05) is 26.0 Å². The predicted octanol–water partition coefficient (Wildman–Crippen LogP) is 3.62. The van der Waals surface area contributed by atoms with Crippen LogP contribution in [-0.2, 0) is 12.8 Å². The highest BCUT2D eigenvalue weighted by Crippen LogP contribution is 2.21. The van der Waals surface area contributed by atoms with E-state index in [1.807, 2.05) is 12.1 Å². The van der Waals surface area contributed by atoms with Crippen LogP contribution < -0.4 is 4.74 Å². The molecule has 15 heavy (non-hydrogen) atoms. The number of allylic oxidation sites excluding steroid dienone is 1. The zero-order valence-corrected chi connectivity index (χ0v) is 9.92. The van der Waals surface area contributed by atoms with Crippen LogP contribution in [0.25, 0.3) is 0 Å². The van der Waals surface area contributed by atoms with Gasteiger partial charge < -0.3 is 4.74 Å². The van der Waals surface area contributed by atoms with Crippen LogP contribution in [0.4, 0.5) is 0 Å². The molecule has 0 spiro atoms. The first-order valence-electron chi connectivity index (χ1n) is 5.49. The van der Waals surface area contributed by atoms with Gasteiger partial charge in [0, 0.05) is 0 Å². The molecule has 1 aromatic carbocycles. The van der Waals surface area contributed by atoms with Crippen molar-refractivity contribution in [2.24, 2.45) is 5.92 Å². The molecule has 1 nitrogen and oxygen atoms in total. The number of rotatable bonds is 5. The summed E-state index contributed by atoms with van der Waals surface area (Å²) in [6.45, 7) is 8.19. The highest BCUT2D eigenvalue weighted by Gasteiger charge is 2.05. The monoisotopic (exact) mass is 204 g/mol. The summed E-state index contributed by atoms with van der Waals surface area (Å²) in [5, 5.41) is 0. The Balaban J connectivity index is 2.91. The minimum Gasteiger partial charge on any atom is -0.497 e. The van der Waals surface area contributed by atoms with E-state index in [0.717, 1.165) is 18.6 Å². The van der Waals surface area contributed by atoms with Crippen molar-refractivity contribution in [3.8, 4) is 5.75 Å². The summed E-state index contributed by atoms with van der Waals surface area (Å²) >= 11 is 0. The lowest BCUT2D eigenvalue weighted by Crippen LogP contribution is -2.00. The molecule has 1 unspecified atom stereocenters. The standard InChI is InChI=1S/C14H20O/c1-5-11(3)9-13-7-8-14(15-4)10-12(13)6-2/h5,7-8,10-11H,1,6,9H2,2-4H3. The Morgan fingerprint density at radius 1 is 1.40 bits per heavy atom. The maximum atomic E-state index is 5.22. The van der Waals surface area contributed by atoms with Gasteiger partial charge in [0.25, 0.3) is 0 Å². The molecule has 0 radical (unpaired) electrons. The molecule has 1 atom stereocenters. The molecule has 82 valence electrons. The molecule has 0 saturated heterocycles. The molecular weight excluding hydrogens is 184 g/mol. The van der Waals surface area contributed by atoms with Crippen molar-refractivity contribution in [1.82, 2.24) is 0 Å². The number of benzene rings is 1. The normalized spacial score (nSPS) is 12.2. The maximum Gasteiger partial charge on any atom is 0.119 e. The van der Waals surface area contributed by atoms with E-state index in [0.29, 0.717) is 5.92 Å². The Bertz CT molecular complexity index is 328. The van der Waals surface area contributed by atoms with Crippen LogP contribution in [0.2, 0.25) is 0 Å². The van der Waals surface area contributed by atoms with E-state index in [1.54, 1.807) is 7.11 Å². The van der Waals surface area contributed by atoms with Crippen LogP contribution in [0.15, 0.2) is 30.9 Å². The zero-order chi connectivity index (χ0) is 11.3. The topological polar surface area (TPSA) is 9.23 Å². The lowest BCUT2D eigenvalue weighted by molar-refractivity contribution is 0.414. The third kappa shape index (κ3) is 3.12. The third-order valence-electron chi connectivity index (χ3n) is 2.74. The van der Waals surface area contributed by atoms with Gasteiger partial charge in [0.2, 0.25) is 0 Å². The first kappa shape index (κ1) is 11.8. The van der Waals surface area contributed by atoms with Crippen molar-refractivity contribution < 1.29 is 4.74 Å². The fraction of sp³-hybridized carbons (Fsp3) is 0.429. The molecule has 0 amide bonds. The van der Waals surface area contributed by atoms with Gasteiger partial charge in [-0.3, -0.25) is 0 Å². The van der Waals surface area contributed by atoms with E-state index in [4.69, 9.17) is 4.74 Å². The zero-order valence-electron chi connectivity index (χ0n) is 9.92. The molecule has 0 aliphatic carbocycles. The molecule has 0 saturated carbocycles. The maximum absolute atomic E-state index is 5.22. The number of methoxy groups -OCH3 is 1. The summed E-state index contributed by atoms with van der Waals surface area (Å²) in [6.07, 6.45) is 4.12. The highest BCUT2D eigenvalue weighted by atomic mass is 16.5. The number of hydrogen-bond acceptors (Lipinski definition) is 1. The van der Waals surface area contributed by atoms with Gasteiger partial charge in [0.05, 0.1) is 7.11 Å². The minimum atomic E-state index is 0.531. The minimum absolute atomic E-state index is 0.531. The molecule has 0 fully saturated rings. The average Bonchev–Trinajstić information content (AvgIpc) is 2.29. The molecule has 0 N–H and O–H groups in total. The quantitative estimate of drug-likeness (QED) is 0.666. The van der Waals surface area contributed by atoms with Gasteiger partial charge >= 0.3 is 0 Å². The van der Waals surface area contributed by atoms with Crippen LogP contribution in [0, 0.1) is 5.92 Å². The van der Waals surface area contributed by atoms with E-state index in [9.17, 15) is 0 Å². The Labute approximate surface area is 92.8 Å². The van der Waals surface area contributed by atoms with E-state index >= 15 is 0 Å². The Morgan fingerprint density at radius 2 is 2.13 bits per heavy atom. The predicted molar refractivity (Wildman–Crippen MR) is 65.4 cm³/mol. The molecule has 0 aliphatic heterocycles. The van der Waals surface area contributed by atoms with Crippen molar-refractivity contribution in [1.29, 1.82) is 0 Å². The lowest BCUT2D eigenvalue weighted by atomic mass is 9.95. The van der Waals surface area contributed by atoms with Crippen LogP contribution in [-0.4, -0.2) is 7.11 Å². The second-order valence-corrected chi connectivity index (χ2v) is 3.91. The Kier molecular flexibility index (Phi) is 4.41. The second kappa shape index (κ2) is 5.59. The summed E-state index contributed by atoms with van der Waals surface area (Å²) < 4.78 is 5.22. The number of ether oxygens (including phenoxy) is 1. The summed E-state index contributed by atoms with van der Waals surface area (Å²) in [4.78, 5) is 0. The summed E-state index contributed by atoms with van der Waals surface area (Å²) in [5.74, 6) is 1.48. The molecule has 1 heteroatoms. The first-order chi connectivity index (χ1) is 7.21. The van der Waals surface area contributed by atoms with Crippen molar-refractivity contribution >= 4 is 0 Å². The van der Waals surface area contributed by atoms with Crippen LogP contribution in [0.3, 0.4) is 0 Å². The number of hydrogen-bond donors (Lipinski definition) is 0. The summed E-state index contributed by atoms with van der Waals surface area (Å²) in [7, 11) is 1.71. The Morgan fingerprint density at radius 3 is 2.67 bits per heavy atom. The first-order valence-corrected chi connectivity index (χ1v) is 5.49. The van der Waals surface area contributed by atoms with E-state index in [2.05, 4.69) is 32.6 Å². The largest absolute Gasteiger partial charge is 0.497 e. The lowest BCUT2D eigenvalue weighted by Gasteiger charge is -2.12. The van der Waals surface area contributed by atoms with Crippen LogP contribution in [0.5, 0.6) is 5.75 Å². The van der Waals surface area contributed by atoms with Gasteiger partial charge in [0.1, 0.15) is 5.75 Å².